The second-order valence-electron chi connectivity index (χ2n) is 9.64. The number of carboxylic acid groups (broad SMARTS) is 1. The molecule has 0 bridgehead atoms. The number of hydrogen-bond acceptors (Lipinski definition) is 3. The first-order valence-electron chi connectivity index (χ1n) is 11.0. The number of allylic oxidation sites excluding steroid dienone is 2. The molecule has 1 heterocycles. The van der Waals surface area contributed by atoms with E-state index in [0.29, 0.717) is 24.2 Å². The molecule has 0 aromatic heterocycles. The van der Waals surface area contributed by atoms with Crippen LogP contribution in [0.25, 0.3) is 5.57 Å². The second-order valence-corrected chi connectivity index (χ2v) is 9.64. The van der Waals surface area contributed by atoms with Crippen LogP contribution in [0.3, 0.4) is 0 Å². The van der Waals surface area contributed by atoms with Crippen LogP contribution in [0.5, 0.6) is 0 Å². The van der Waals surface area contributed by atoms with Crippen LogP contribution >= 0.6 is 0 Å². The number of carbonyl (C=O) groups excluding carboxylic acids is 2. The van der Waals surface area contributed by atoms with Crippen LogP contribution in [-0.2, 0) is 0 Å². The lowest BCUT2D eigenvalue weighted by Crippen LogP contribution is -2.48. The van der Waals surface area contributed by atoms with Gasteiger partial charge in [0.25, 0.3) is 5.91 Å². The molecule has 0 unspecified atom stereocenters. The van der Waals surface area contributed by atoms with Crippen LogP contribution in [0.2, 0.25) is 0 Å². The molecule has 6 heteroatoms. The molecule has 2 amide bonds. The summed E-state index contributed by atoms with van der Waals surface area (Å²) in [5, 5.41) is 9.19. The summed E-state index contributed by atoms with van der Waals surface area (Å²) in [7, 11) is 0. The van der Waals surface area contributed by atoms with E-state index in [4.69, 9.17) is 5.73 Å². The van der Waals surface area contributed by atoms with Gasteiger partial charge in [-0.05, 0) is 47.9 Å². The van der Waals surface area contributed by atoms with Gasteiger partial charge in [-0.25, -0.2) is 4.79 Å². The Hall–Kier alpha value is -3.67. The van der Waals surface area contributed by atoms with Gasteiger partial charge in [0.2, 0.25) is 5.91 Å². The molecule has 0 fully saturated rings. The van der Waals surface area contributed by atoms with Crippen molar-refractivity contribution in [3.8, 4) is 0 Å². The Bertz CT molecular complexity index is 1210. The Morgan fingerprint density at radius 1 is 0.939 bits per heavy atom. The maximum Gasteiger partial charge on any atom is 0.335 e. The number of rotatable bonds is 4. The van der Waals surface area contributed by atoms with Gasteiger partial charge in [-0.15, -0.1) is 0 Å². The molecule has 2 aromatic carbocycles. The number of hydrogen-bond donors (Lipinski definition) is 2. The summed E-state index contributed by atoms with van der Waals surface area (Å²) in [6, 6.07) is 13.5. The number of amides is 2. The topological polar surface area (TPSA) is 101 Å². The number of carboxylic acids is 1. The highest BCUT2D eigenvalue weighted by Gasteiger charge is 2.46. The first-order valence-corrected chi connectivity index (χ1v) is 11.0. The Balaban J connectivity index is 1.62. The van der Waals surface area contributed by atoms with Crippen molar-refractivity contribution in [2.75, 3.05) is 13.1 Å². The Morgan fingerprint density at radius 3 is 2.24 bits per heavy atom. The number of primary amides is 1. The van der Waals surface area contributed by atoms with Crippen LogP contribution in [0.1, 0.15) is 63.8 Å². The van der Waals surface area contributed by atoms with E-state index in [2.05, 4.69) is 32.9 Å². The third-order valence-corrected chi connectivity index (χ3v) is 6.93. The third-order valence-electron chi connectivity index (χ3n) is 6.93. The van der Waals surface area contributed by atoms with E-state index in [1.54, 1.807) is 36.4 Å². The van der Waals surface area contributed by atoms with Gasteiger partial charge in [0.1, 0.15) is 0 Å². The SMILES string of the molecule is CC1(C)C(c2ccc(C(=O)O)cc2)=CC[C@]2(C)CN(C(=O)c3cccc(C(N)=O)c3)CC=C12. The smallest absolute Gasteiger partial charge is 0.335 e. The molecular weight excluding hydrogens is 416 g/mol. The summed E-state index contributed by atoms with van der Waals surface area (Å²) in [6.07, 6.45) is 5.14. The van der Waals surface area contributed by atoms with E-state index in [-0.39, 0.29) is 22.3 Å². The molecule has 3 N–H and O–H groups in total. The molecule has 0 spiro atoms. The fourth-order valence-electron chi connectivity index (χ4n) is 5.34. The van der Waals surface area contributed by atoms with Gasteiger partial charge < -0.3 is 15.7 Å². The summed E-state index contributed by atoms with van der Waals surface area (Å²) < 4.78 is 0. The molecule has 0 saturated carbocycles. The maximum atomic E-state index is 13.2. The van der Waals surface area contributed by atoms with Crippen molar-refractivity contribution in [2.24, 2.45) is 16.6 Å². The Kier molecular flexibility index (Phi) is 5.48. The minimum Gasteiger partial charge on any atom is -0.478 e. The Labute approximate surface area is 193 Å². The largest absolute Gasteiger partial charge is 0.478 e. The molecule has 170 valence electrons. The molecule has 0 saturated heterocycles. The molecule has 2 aromatic rings. The Morgan fingerprint density at radius 2 is 1.61 bits per heavy atom. The summed E-state index contributed by atoms with van der Waals surface area (Å²) in [4.78, 5) is 37.7. The summed E-state index contributed by atoms with van der Waals surface area (Å²) in [6.45, 7) is 7.60. The fraction of sp³-hybridized carbons (Fsp3) is 0.296. The molecule has 1 aliphatic heterocycles. The van der Waals surface area contributed by atoms with Crippen molar-refractivity contribution in [3.05, 3.63) is 88.5 Å². The number of aromatic carboxylic acids is 1. The maximum absolute atomic E-state index is 13.2. The summed E-state index contributed by atoms with van der Waals surface area (Å²) >= 11 is 0. The molecule has 1 aliphatic carbocycles. The van der Waals surface area contributed by atoms with Gasteiger partial charge in [-0.2, -0.15) is 0 Å². The molecule has 0 radical (unpaired) electrons. The minimum absolute atomic E-state index is 0.119. The van der Waals surface area contributed by atoms with Gasteiger partial charge in [0.15, 0.2) is 0 Å². The van der Waals surface area contributed by atoms with E-state index < -0.39 is 11.9 Å². The quantitative estimate of drug-likeness (QED) is 0.683. The zero-order valence-electron chi connectivity index (χ0n) is 19.1. The highest BCUT2D eigenvalue weighted by atomic mass is 16.4. The van der Waals surface area contributed by atoms with Crippen LogP contribution in [0.15, 0.2) is 66.3 Å². The fourth-order valence-corrected chi connectivity index (χ4v) is 5.34. The minimum atomic E-state index is -0.938. The number of nitrogens with two attached hydrogens (primary N) is 1. The van der Waals surface area contributed by atoms with E-state index in [1.165, 1.54) is 5.57 Å². The monoisotopic (exact) mass is 444 g/mol. The van der Waals surface area contributed by atoms with Crippen molar-refractivity contribution < 1.29 is 19.5 Å². The number of nitrogens with zero attached hydrogens (tertiary/aromatic N) is 1. The molecular formula is C27H28N2O4. The second kappa shape index (κ2) is 8.03. The van der Waals surface area contributed by atoms with Gasteiger partial charge >= 0.3 is 5.97 Å². The lowest BCUT2D eigenvalue weighted by molar-refractivity contribution is 0.0678. The normalized spacial score (nSPS) is 21.5. The van der Waals surface area contributed by atoms with Gasteiger partial charge in [-0.1, -0.05) is 56.7 Å². The highest BCUT2D eigenvalue weighted by Crippen LogP contribution is 2.55. The van der Waals surface area contributed by atoms with Gasteiger partial charge in [0, 0.05) is 35.0 Å². The molecule has 1 atom stereocenters. The zero-order chi connectivity index (χ0) is 24.0. The number of carbonyl (C=O) groups is 3. The number of benzene rings is 2. The average molecular weight is 445 g/mol. The number of fused-ring (bicyclic) bond motifs is 1. The third kappa shape index (κ3) is 3.97. The van der Waals surface area contributed by atoms with Crippen molar-refractivity contribution in [1.29, 1.82) is 0 Å². The van der Waals surface area contributed by atoms with Crippen molar-refractivity contribution in [2.45, 2.75) is 27.2 Å². The van der Waals surface area contributed by atoms with Gasteiger partial charge in [-0.3, -0.25) is 9.59 Å². The van der Waals surface area contributed by atoms with Crippen LogP contribution in [0.4, 0.5) is 0 Å². The molecule has 4 rings (SSSR count). The van der Waals surface area contributed by atoms with E-state index in [1.807, 2.05) is 17.0 Å². The highest BCUT2D eigenvalue weighted by molar-refractivity contribution is 5.99. The lowest BCUT2D eigenvalue weighted by atomic mass is 9.58. The predicted octanol–water partition coefficient (Wildman–Crippen LogP) is 4.39. The van der Waals surface area contributed by atoms with Crippen molar-refractivity contribution >= 4 is 23.4 Å². The predicted molar refractivity (Wildman–Crippen MR) is 127 cm³/mol. The standard InChI is InChI=1S/C27H28N2O4/c1-26(2)21(17-7-9-18(10-8-17)25(32)33)11-13-27(3)16-29(14-12-22(26)27)24(31)20-6-4-5-19(15-20)23(28)30/h4-12,15H,13-14,16H2,1-3H3,(H2,28,30)(H,32,33)/t27-/m1/s1. The van der Waals surface area contributed by atoms with Gasteiger partial charge in [0.05, 0.1) is 5.56 Å². The van der Waals surface area contributed by atoms with Crippen molar-refractivity contribution in [3.63, 3.8) is 0 Å². The van der Waals surface area contributed by atoms with E-state index >= 15 is 0 Å². The van der Waals surface area contributed by atoms with Crippen LogP contribution < -0.4 is 5.73 Å². The molecule has 33 heavy (non-hydrogen) atoms. The zero-order valence-corrected chi connectivity index (χ0v) is 19.1. The van der Waals surface area contributed by atoms with E-state index in [0.717, 1.165) is 17.6 Å². The first-order chi connectivity index (χ1) is 15.5. The van der Waals surface area contributed by atoms with Crippen LogP contribution in [0, 0.1) is 10.8 Å². The summed E-state index contributed by atoms with van der Waals surface area (Å²) in [5.74, 6) is -1.61. The van der Waals surface area contributed by atoms with E-state index in [9.17, 15) is 19.5 Å². The van der Waals surface area contributed by atoms with Crippen molar-refractivity contribution in [1.82, 2.24) is 4.90 Å². The summed E-state index contributed by atoms with van der Waals surface area (Å²) in [5.41, 5.74) is 9.39. The first kappa shape index (κ1) is 22.5. The molecule has 2 aliphatic rings. The average Bonchev–Trinajstić information content (AvgIpc) is 2.78. The van der Waals surface area contributed by atoms with Crippen LogP contribution in [-0.4, -0.2) is 40.9 Å². The molecule has 6 nitrogen and oxygen atoms in total. The lowest BCUT2D eigenvalue weighted by Gasteiger charge is -2.50.